The molecule has 0 aliphatic carbocycles. The SMILES string of the molecule is CCCCCCCCCC/C=C\CCCCCCCCCCCCCCCCCCCCCCCCCCCC(=O)NC(CO)C(O)/C=C/CCCCCCCCCCCCCCCCCCCCC. The third kappa shape index (κ3) is 57.8. The first-order valence-corrected chi connectivity index (χ1v) is 32.6. The van der Waals surface area contributed by atoms with Gasteiger partial charge in [-0.05, 0) is 44.9 Å². The lowest BCUT2D eigenvalue weighted by molar-refractivity contribution is -0.123. The van der Waals surface area contributed by atoms with Gasteiger partial charge in [-0.15, -0.1) is 0 Å². The van der Waals surface area contributed by atoms with Crippen molar-refractivity contribution in [2.24, 2.45) is 0 Å². The number of aliphatic hydroxyl groups is 2. The molecule has 1 amide bonds. The molecule has 0 radical (unpaired) electrons. The number of hydrogen-bond donors (Lipinski definition) is 3. The van der Waals surface area contributed by atoms with Crippen LogP contribution in [0.3, 0.4) is 0 Å². The minimum atomic E-state index is -0.837. The normalized spacial score (nSPS) is 12.8. The van der Waals surface area contributed by atoms with Gasteiger partial charge in [-0.3, -0.25) is 4.79 Å². The van der Waals surface area contributed by atoms with Crippen molar-refractivity contribution < 1.29 is 15.0 Å². The number of nitrogens with one attached hydrogen (secondary N) is 1. The van der Waals surface area contributed by atoms with Crippen molar-refractivity contribution in [1.29, 1.82) is 0 Å². The lowest BCUT2D eigenvalue weighted by atomic mass is 10.0. The predicted molar refractivity (Wildman–Crippen MR) is 313 cm³/mol. The van der Waals surface area contributed by atoms with E-state index in [0.29, 0.717) is 6.42 Å². The second-order valence-electron chi connectivity index (χ2n) is 22.5. The Morgan fingerprint density at radius 2 is 0.543 bits per heavy atom. The van der Waals surface area contributed by atoms with Crippen LogP contribution in [-0.4, -0.2) is 34.9 Å². The number of amides is 1. The van der Waals surface area contributed by atoms with Crippen LogP contribution in [-0.2, 0) is 4.79 Å². The molecule has 70 heavy (non-hydrogen) atoms. The minimum Gasteiger partial charge on any atom is -0.394 e. The molecular weight excluding hydrogens is 855 g/mol. The van der Waals surface area contributed by atoms with Crippen LogP contribution in [0.5, 0.6) is 0 Å². The summed E-state index contributed by atoms with van der Waals surface area (Å²) in [5.74, 6) is -0.0552. The van der Waals surface area contributed by atoms with E-state index in [1.165, 1.54) is 327 Å². The van der Waals surface area contributed by atoms with E-state index in [9.17, 15) is 15.0 Å². The van der Waals surface area contributed by atoms with Gasteiger partial charge in [0.2, 0.25) is 5.91 Å². The summed E-state index contributed by atoms with van der Waals surface area (Å²) in [4.78, 5) is 12.5. The van der Waals surface area contributed by atoms with Gasteiger partial charge in [0.1, 0.15) is 0 Å². The second-order valence-corrected chi connectivity index (χ2v) is 22.5. The number of rotatable bonds is 61. The molecule has 0 aromatic carbocycles. The fourth-order valence-electron chi connectivity index (χ4n) is 10.5. The van der Waals surface area contributed by atoms with E-state index in [2.05, 4.69) is 31.3 Å². The highest BCUT2D eigenvalue weighted by molar-refractivity contribution is 5.76. The quantitative estimate of drug-likeness (QED) is 0.0420. The first-order chi connectivity index (χ1) is 34.7. The van der Waals surface area contributed by atoms with Crippen molar-refractivity contribution in [3.05, 3.63) is 24.3 Å². The fourth-order valence-corrected chi connectivity index (χ4v) is 10.5. The minimum absolute atomic E-state index is 0.0552. The third-order valence-corrected chi connectivity index (χ3v) is 15.4. The average Bonchev–Trinajstić information content (AvgIpc) is 3.36. The smallest absolute Gasteiger partial charge is 0.220 e. The van der Waals surface area contributed by atoms with Crippen LogP contribution in [0.2, 0.25) is 0 Å². The average molecular weight is 985 g/mol. The molecule has 0 aromatic heterocycles. The second kappa shape index (κ2) is 62.2. The molecule has 2 unspecified atom stereocenters. The van der Waals surface area contributed by atoms with Crippen LogP contribution in [0, 0.1) is 0 Å². The van der Waals surface area contributed by atoms with Crippen molar-refractivity contribution in [2.75, 3.05) is 6.61 Å². The molecule has 2 atom stereocenters. The van der Waals surface area contributed by atoms with E-state index in [4.69, 9.17) is 0 Å². The summed E-state index contributed by atoms with van der Waals surface area (Å²) in [6, 6.07) is -0.620. The summed E-state index contributed by atoms with van der Waals surface area (Å²) in [6.45, 7) is 4.35. The van der Waals surface area contributed by atoms with Gasteiger partial charge in [0, 0.05) is 6.42 Å². The largest absolute Gasteiger partial charge is 0.394 e. The summed E-state index contributed by atoms with van der Waals surface area (Å²) < 4.78 is 0. The van der Waals surface area contributed by atoms with E-state index in [1.54, 1.807) is 6.08 Å². The maximum Gasteiger partial charge on any atom is 0.220 e. The molecule has 3 N–H and O–H groups in total. The van der Waals surface area contributed by atoms with E-state index in [0.717, 1.165) is 25.7 Å². The number of hydrogen-bond acceptors (Lipinski definition) is 3. The molecule has 416 valence electrons. The molecule has 0 heterocycles. The Morgan fingerprint density at radius 3 is 0.786 bits per heavy atom. The highest BCUT2D eigenvalue weighted by atomic mass is 16.3. The molecule has 0 saturated heterocycles. The zero-order valence-corrected chi connectivity index (χ0v) is 48.1. The summed E-state index contributed by atoms with van der Waals surface area (Å²) >= 11 is 0. The molecule has 0 aromatic rings. The van der Waals surface area contributed by atoms with Crippen LogP contribution in [0.1, 0.15) is 373 Å². The number of carbonyl (C=O) groups excluding carboxylic acids is 1. The number of unbranched alkanes of at least 4 members (excludes halogenated alkanes) is 52. The third-order valence-electron chi connectivity index (χ3n) is 15.4. The van der Waals surface area contributed by atoms with Gasteiger partial charge in [-0.2, -0.15) is 0 Å². The zero-order valence-electron chi connectivity index (χ0n) is 48.1. The number of carbonyl (C=O) groups is 1. The molecular formula is C66H129NO3. The van der Waals surface area contributed by atoms with Crippen LogP contribution in [0.25, 0.3) is 0 Å². The lowest BCUT2D eigenvalue weighted by Gasteiger charge is -2.20. The maximum atomic E-state index is 12.5. The highest BCUT2D eigenvalue weighted by Gasteiger charge is 2.18. The number of allylic oxidation sites excluding steroid dienone is 3. The van der Waals surface area contributed by atoms with E-state index in [-0.39, 0.29) is 12.5 Å². The standard InChI is InChI=1S/C66H129NO3/c1-3-5-7-9-11-13-15-17-19-21-23-25-26-27-28-29-30-31-32-33-34-35-36-37-38-39-40-42-44-46-48-50-52-54-56-58-60-62-66(70)67-64(63-68)65(69)61-59-57-55-53-51-49-47-45-43-41-24-22-20-18-16-14-12-10-8-6-4-2/h21,23,59,61,64-65,68-69H,3-20,22,24-58,60,62-63H2,1-2H3,(H,67,70)/b23-21-,61-59+. The zero-order chi connectivity index (χ0) is 50.6. The Labute approximate surface area is 440 Å². The number of aliphatic hydroxyl groups excluding tert-OH is 2. The van der Waals surface area contributed by atoms with Gasteiger partial charge < -0.3 is 15.5 Å². The summed E-state index contributed by atoms with van der Waals surface area (Å²) in [6.07, 6.45) is 83.9. The van der Waals surface area contributed by atoms with Gasteiger partial charge in [-0.1, -0.05) is 346 Å². The molecule has 0 aliphatic heterocycles. The summed E-state index contributed by atoms with van der Waals surface area (Å²) in [7, 11) is 0. The molecule has 0 spiro atoms. The Balaban J connectivity index is 3.39. The van der Waals surface area contributed by atoms with Gasteiger partial charge in [0.25, 0.3) is 0 Å². The molecule has 0 aliphatic rings. The lowest BCUT2D eigenvalue weighted by Crippen LogP contribution is -2.45. The molecule has 4 nitrogen and oxygen atoms in total. The van der Waals surface area contributed by atoms with Crippen molar-refractivity contribution >= 4 is 5.91 Å². The van der Waals surface area contributed by atoms with Gasteiger partial charge in [0.15, 0.2) is 0 Å². The van der Waals surface area contributed by atoms with Crippen LogP contribution < -0.4 is 5.32 Å². The van der Waals surface area contributed by atoms with Crippen molar-refractivity contribution in [1.82, 2.24) is 5.32 Å². The Bertz CT molecular complexity index is 1020. The topological polar surface area (TPSA) is 69.6 Å². The molecule has 4 heteroatoms. The molecule has 0 rings (SSSR count). The van der Waals surface area contributed by atoms with Crippen LogP contribution >= 0.6 is 0 Å². The van der Waals surface area contributed by atoms with E-state index in [1.807, 2.05) is 6.08 Å². The molecule has 0 bridgehead atoms. The Morgan fingerprint density at radius 1 is 0.329 bits per heavy atom. The van der Waals surface area contributed by atoms with Gasteiger partial charge in [-0.25, -0.2) is 0 Å². The van der Waals surface area contributed by atoms with Crippen molar-refractivity contribution in [2.45, 2.75) is 386 Å². The monoisotopic (exact) mass is 984 g/mol. The van der Waals surface area contributed by atoms with Gasteiger partial charge in [0.05, 0.1) is 18.8 Å². The Hall–Kier alpha value is -1.13. The molecule has 0 saturated carbocycles. The fraction of sp³-hybridized carbons (Fsp3) is 0.924. The summed E-state index contributed by atoms with van der Waals surface area (Å²) in [5, 5.41) is 23.2. The van der Waals surface area contributed by atoms with E-state index < -0.39 is 12.1 Å². The van der Waals surface area contributed by atoms with E-state index >= 15 is 0 Å². The Kier molecular flexibility index (Phi) is 61.2. The molecule has 0 fully saturated rings. The van der Waals surface area contributed by atoms with Crippen LogP contribution in [0.4, 0.5) is 0 Å². The van der Waals surface area contributed by atoms with Crippen molar-refractivity contribution in [3.63, 3.8) is 0 Å². The summed E-state index contributed by atoms with van der Waals surface area (Å²) in [5.41, 5.74) is 0. The van der Waals surface area contributed by atoms with Gasteiger partial charge >= 0.3 is 0 Å². The predicted octanol–water partition coefficient (Wildman–Crippen LogP) is 21.8. The van der Waals surface area contributed by atoms with Crippen molar-refractivity contribution in [3.8, 4) is 0 Å². The highest BCUT2D eigenvalue weighted by Crippen LogP contribution is 2.19. The van der Waals surface area contributed by atoms with Crippen LogP contribution in [0.15, 0.2) is 24.3 Å². The first-order valence-electron chi connectivity index (χ1n) is 32.6. The maximum absolute atomic E-state index is 12.5. The first kappa shape index (κ1) is 68.9.